The Hall–Kier alpha value is -1.39. The molecule has 2 heterocycles. The molecule has 4 heteroatoms. The largest absolute Gasteiger partial charge is 0.493 e. The summed E-state index contributed by atoms with van der Waals surface area (Å²) in [6.45, 7) is 2.75. The minimum Gasteiger partial charge on any atom is -0.493 e. The molecule has 0 saturated carbocycles. The van der Waals surface area contributed by atoms with Gasteiger partial charge >= 0.3 is 0 Å². The maximum atomic E-state index is 5.90. The number of para-hydroxylation sites is 1. The van der Waals surface area contributed by atoms with Gasteiger partial charge in [0.05, 0.1) is 6.61 Å². The maximum Gasteiger partial charge on any atom is 0.123 e. The number of rotatable bonds is 2. The van der Waals surface area contributed by atoms with Gasteiger partial charge in [-0.2, -0.15) is 0 Å². The Bertz CT molecular complexity index is 550. The first-order valence-corrected chi connectivity index (χ1v) is 7.00. The van der Waals surface area contributed by atoms with E-state index in [1.807, 2.05) is 25.3 Å². The molecule has 0 fully saturated rings. The van der Waals surface area contributed by atoms with Crippen molar-refractivity contribution in [1.82, 2.24) is 4.98 Å². The number of benzene rings is 1. The Balaban J connectivity index is 1.97. The molecular formula is C14H16N2OS. The van der Waals surface area contributed by atoms with E-state index in [0.29, 0.717) is 5.92 Å². The van der Waals surface area contributed by atoms with E-state index in [1.54, 1.807) is 11.3 Å². The van der Waals surface area contributed by atoms with Crippen molar-refractivity contribution in [2.24, 2.45) is 5.73 Å². The molecule has 2 aromatic rings. The summed E-state index contributed by atoms with van der Waals surface area (Å²) in [5.74, 6) is 1.35. The van der Waals surface area contributed by atoms with Crippen molar-refractivity contribution in [3.63, 3.8) is 0 Å². The van der Waals surface area contributed by atoms with Gasteiger partial charge in [0.25, 0.3) is 0 Å². The fourth-order valence-corrected chi connectivity index (χ4v) is 3.30. The number of nitrogens with zero attached hydrogens (tertiary/aromatic N) is 1. The summed E-state index contributed by atoms with van der Waals surface area (Å²) < 4.78 is 5.68. The number of fused-ring (bicyclic) bond motifs is 1. The zero-order valence-corrected chi connectivity index (χ0v) is 11.1. The first kappa shape index (κ1) is 11.7. The first-order valence-electron chi connectivity index (χ1n) is 6.18. The number of thiazole rings is 1. The zero-order valence-electron chi connectivity index (χ0n) is 10.3. The summed E-state index contributed by atoms with van der Waals surface area (Å²) in [6.07, 6.45) is 2.89. The highest BCUT2D eigenvalue weighted by atomic mass is 32.1. The van der Waals surface area contributed by atoms with E-state index in [1.165, 1.54) is 5.56 Å². The Morgan fingerprint density at radius 2 is 2.28 bits per heavy atom. The predicted molar refractivity (Wildman–Crippen MR) is 73.1 cm³/mol. The van der Waals surface area contributed by atoms with E-state index in [4.69, 9.17) is 10.5 Å². The van der Waals surface area contributed by atoms with E-state index in [0.717, 1.165) is 28.7 Å². The second-order valence-corrected chi connectivity index (χ2v) is 5.71. The van der Waals surface area contributed by atoms with Crippen LogP contribution in [0.1, 0.15) is 40.8 Å². The fraction of sp³-hybridized carbons (Fsp3) is 0.357. The third-order valence-electron chi connectivity index (χ3n) is 3.25. The van der Waals surface area contributed by atoms with Crippen molar-refractivity contribution in [1.29, 1.82) is 0 Å². The third-order valence-corrected chi connectivity index (χ3v) is 4.56. The van der Waals surface area contributed by atoms with Crippen LogP contribution in [-0.4, -0.2) is 11.6 Å². The molecule has 2 N–H and O–H groups in total. The Kier molecular flexibility index (Phi) is 3.06. The lowest BCUT2D eigenvalue weighted by molar-refractivity contribution is 0.277. The second kappa shape index (κ2) is 4.71. The quantitative estimate of drug-likeness (QED) is 0.902. The topological polar surface area (TPSA) is 48.1 Å². The summed E-state index contributed by atoms with van der Waals surface area (Å²) in [4.78, 5) is 5.69. The van der Waals surface area contributed by atoms with Gasteiger partial charge in [0.2, 0.25) is 0 Å². The fourth-order valence-electron chi connectivity index (χ4n) is 2.27. The normalized spacial score (nSPS) is 20.0. The van der Waals surface area contributed by atoms with Crippen molar-refractivity contribution in [3.8, 4) is 5.75 Å². The highest BCUT2D eigenvalue weighted by Crippen LogP contribution is 2.39. The minimum atomic E-state index is 0.0614. The van der Waals surface area contributed by atoms with Gasteiger partial charge in [-0.25, -0.2) is 4.98 Å². The lowest BCUT2D eigenvalue weighted by Crippen LogP contribution is -2.14. The van der Waals surface area contributed by atoms with Gasteiger partial charge in [-0.1, -0.05) is 18.2 Å². The number of nitrogens with two attached hydrogens (primary N) is 1. The molecule has 0 aliphatic carbocycles. The molecule has 1 aliphatic heterocycles. The average Bonchev–Trinajstić information content (AvgIpc) is 2.87. The first-order chi connectivity index (χ1) is 8.75. The smallest absolute Gasteiger partial charge is 0.123 e. The summed E-state index contributed by atoms with van der Waals surface area (Å²) in [5.41, 5.74) is 7.14. The van der Waals surface area contributed by atoms with Crippen LogP contribution in [0.5, 0.6) is 5.75 Å². The van der Waals surface area contributed by atoms with Gasteiger partial charge in [0.1, 0.15) is 10.8 Å². The van der Waals surface area contributed by atoms with Gasteiger partial charge < -0.3 is 10.5 Å². The number of hydrogen-bond donors (Lipinski definition) is 1. The molecule has 0 spiro atoms. The Morgan fingerprint density at radius 1 is 1.44 bits per heavy atom. The van der Waals surface area contributed by atoms with Crippen molar-refractivity contribution < 1.29 is 4.74 Å². The molecule has 2 atom stereocenters. The Morgan fingerprint density at radius 3 is 3.06 bits per heavy atom. The second-order valence-electron chi connectivity index (χ2n) is 4.62. The highest BCUT2D eigenvalue weighted by Gasteiger charge is 2.25. The van der Waals surface area contributed by atoms with Crippen LogP contribution in [0.3, 0.4) is 0 Å². The number of ether oxygens (including phenoxy) is 1. The SMILES string of the molecule is CC(N)c1cnc(C2CCOc3ccccc32)s1. The molecule has 1 aliphatic rings. The molecule has 18 heavy (non-hydrogen) atoms. The standard InChI is InChI=1S/C14H16N2OS/c1-9(15)13-8-16-14(18-13)11-6-7-17-12-5-3-2-4-10(11)12/h2-5,8-9,11H,6-7,15H2,1H3. The highest BCUT2D eigenvalue weighted by molar-refractivity contribution is 7.11. The van der Waals surface area contributed by atoms with Gasteiger partial charge in [-0.05, 0) is 19.4 Å². The van der Waals surface area contributed by atoms with E-state index in [9.17, 15) is 0 Å². The van der Waals surface area contributed by atoms with Crippen LogP contribution in [0.15, 0.2) is 30.5 Å². The van der Waals surface area contributed by atoms with Crippen molar-refractivity contribution in [2.45, 2.75) is 25.3 Å². The molecule has 1 aromatic carbocycles. The van der Waals surface area contributed by atoms with Crippen LogP contribution in [0, 0.1) is 0 Å². The van der Waals surface area contributed by atoms with E-state index in [2.05, 4.69) is 17.1 Å². The lowest BCUT2D eigenvalue weighted by atomic mass is 9.94. The molecule has 0 amide bonds. The zero-order chi connectivity index (χ0) is 12.5. The van der Waals surface area contributed by atoms with Crippen LogP contribution >= 0.6 is 11.3 Å². The van der Waals surface area contributed by atoms with Crippen LogP contribution in [-0.2, 0) is 0 Å². The van der Waals surface area contributed by atoms with Gasteiger partial charge in [0, 0.05) is 28.6 Å². The van der Waals surface area contributed by atoms with E-state index >= 15 is 0 Å². The van der Waals surface area contributed by atoms with Crippen LogP contribution in [0.2, 0.25) is 0 Å². The summed E-state index contributed by atoms with van der Waals surface area (Å²) in [5, 5.41) is 1.15. The van der Waals surface area contributed by atoms with Crippen molar-refractivity contribution >= 4 is 11.3 Å². The molecule has 0 radical (unpaired) electrons. The summed E-state index contributed by atoms with van der Waals surface area (Å²) in [7, 11) is 0. The number of aromatic nitrogens is 1. The van der Waals surface area contributed by atoms with E-state index < -0.39 is 0 Å². The third kappa shape index (κ3) is 2.02. The van der Waals surface area contributed by atoms with Gasteiger partial charge in [0.15, 0.2) is 0 Å². The minimum absolute atomic E-state index is 0.0614. The molecular weight excluding hydrogens is 244 g/mol. The van der Waals surface area contributed by atoms with Crippen LogP contribution in [0.4, 0.5) is 0 Å². The van der Waals surface area contributed by atoms with Crippen molar-refractivity contribution in [3.05, 3.63) is 45.9 Å². The van der Waals surface area contributed by atoms with Crippen molar-refractivity contribution in [2.75, 3.05) is 6.61 Å². The number of hydrogen-bond acceptors (Lipinski definition) is 4. The predicted octanol–water partition coefficient (Wildman–Crippen LogP) is 3.08. The monoisotopic (exact) mass is 260 g/mol. The molecule has 1 aromatic heterocycles. The molecule has 2 unspecified atom stereocenters. The molecule has 0 saturated heterocycles. The van der Waals surface area contributed by atoms with E-state index in [-0.39, 0.29) is 6.04 Å². The molecule has 3 nitrogen and oxygen atoms in total. The lowest BCUT2D eigenvalue weighted by Gasteiger charge is -2.24. The van der Waals surface area contributed by atoms with Gasteiger partial charge in [-0.3, -0.25) is 0 Å². The molecule has 94 valence electrons. The Labute approximate surface area is 111 Å². The van der Waals surface area contributed by atoms with Crippen LogP contribution < -0.4 is 10.5 Å². The van der Waals surface area contributed by atoms with Crippen LogP contribution in [0.25, 0.3) is 0 Å². The molecule has 3 rings (SSSR count). The average molecular weight is 260 g/mol. The maximum absolute atomic E-state index is 5.90. The molecule has 0 bridgehead atoms. The summed E-state index contributed by atoms with van der Waals surface area (Å²) >= 11 is 1.72. The summed E-state index contributed by atoms with van der Waals surface area (Å²) in [6, 6.07) is 8.29. The van der Waals surface area contributed by atoms with Gasteiger partial charge in [-0.15, -0.1) is 11.3 Å².